The molecule has 0 aliphatic carbocycles. The average Bonchev–Trinajstić information content (AvgIpc) is 3.25. The summed E-state index contributed by atoms with van der Waals surface area (Å²) < 4.78 is 44.5. The van der Waals surface area contributed by atoms with E-state index in [-0.39, 0.29) is 13.0 Å². The number of nitrogen functional groups attached to an aromatic ring is 1. The van der Waals surface area contributed by atoms with E-state index in [1.807, 2.05) is 36.5 Å². The summed E-state index contributed by atoms with van der Waals surface area (Å²) in [4.78, 5) is 14.0. The van der Waals surface area contributed by atoms with Gasteiger partial charge in [-0.15, -0.1) is 0 Å². The van der Waals surface area contributed by atoms with Gasteiger partial charge in [0.05, 0.1) is 11.3 Å². The van der Waals surface area contributed by atoms with Gasteiger partial charge in [-0.3, -0.25) is 4.79 Å². The molecule has 3 aromatic carbocycles. The van der Waals surface area contributed by atoms with Crippen LogP contribution in [-0.2, 0) is 24.0 Å². The van der Waals surface area contributed by atoms with E-state index < -0.39 is 17.7 Å². The Morgan fingerprint density at radius 3 is 2.47 bits per heavy atom. The maximum absolute atomic E-state index is 12.8. The monoisotopic (exact) mass is 468 g/mol. The lowest BCUT2D eigenvalue weighted by atomic mass is 9.97. The van der Waals surface area contributed by atoms with E-state index in [9.17, 15) is 18.0 Å². The lowest BCUT2D eigenvalue weighted by Gasteiger charge is -2.17. The SMILES string of the molecule is Nc1cc(CCCC(=O)O)cc(-c2ccc3[nH]ccc3c2)c1OCc1ccc(C(F)(F)F)cc1. The van der Waals surface area contributed by atoms with Gasteiger partial charge < -0.3 is 20.6 Å². The van der Waals surface area contributed by atoms with Crippen LogP contribution in [0.3, 0.4) is 0 Å². The molecular weight excluding hydrogens is 445 g/mol. The second kappa shape index (κ2) is 9.51. The first-order valence-corrected chi connectivity index (χ1v) is 10.7. The van der Waals surface area contributed by atoms with Crippen molar-refractivity contribution >= 4 is 22.6 Å². The number of anilines is 1. The third-order valence-electron chi connectivity index (χ3n) is 5.56. The van der Waals surface area contributed by atoms with Gasteiger partial charge in [0, 0.05) is 23.7 Å². The lowest BCUT2D eigenvalue weighted by molar-refractivity contribution is -0.138. The van der Waals surface area contributed by atoms with Crippen molar-refractivity contribution in [3.05, 3.63) is 83.6 Å². The van der Waals surface area contributed by atoms with Crippen LogP contribution in [0.5, 0.6) is 5.75 Å². The molecule has 0 spiro atoms. The van der Waals surface area contributed by atoms with Crippen molar-refractivity contribution in [2.75, 3.05) is 5.73 Å². The number of hydrogen-bond donors (Lipinski definition) is 3. The van der Waals surface area contributed by atoms with Crippen LogP contribution in [0.15, 0.2) is 66.9 Å². The van der Waals surface area contributed by atoms with Crippen molar-refractivity contribution < 1.29 is 27.8 Å². The standard InChI is InChI=1S/C26H23F3N2O3/c27-26(28,29)20-7-4-16(5-8-20)15-34-25-21(18-6-9-23-19(14-18)10-11-31-23)12-17(13-22(25)30)2-1-3-24(32)33/h4-14,31H,1-3,15,30H2,(H,32,33). The van der Waals surface area contributed by atoms with Crippen LogP contribution in [0, 0.1) is 0 Å². The van der Waals surface area contributed by atoms with Crippen LogP contribution in [0.25, 0.3) is 22.0 Å². The number of carboxylic acid groups (broad SMARTS) is 1. The van der Waals surface area contributed by atoms with Crippen LogP contribution < -0.4 is 10.5 Å². The summed E-state index contributed by atoms with van der Waals surface area (Å²) in [5.74, 6) is -0.431. The Labute approximate surface area is 194 Å². The maximum Gasteiger partial charge on any atom is 0.416 e. The zero-order valence-corrected chi connectivity index (χ0v) is 18.2. The Bertz CT molecular complexity index is 1310. The molecule has 4 N–H and O–H groups in total. The van der Waals surface area contributed by atoms with E-state index >= 15 is 0 Å². The third kappa shape index (κ3) is 5.33. The summed E-state index contributed by atoms with van der Waals surface area (Å²) in [5.41, 5.74) is 10.0. The molecule has 0 bridgehead atoms. The zero-order chi connectivity index (χ0) is 24.3. The number of aromatic amines is 1. The Morgan fingerprint density at radius 2 is 1.76 bits per heavy atom. The summed E-state index contributed by atoms with van der Waals surface area (Å²) >= 11 is 0. The highest BCUT2D eigenvalue weighted by molar-refractivity contribution is 5.88. The summed E-state index contributed by atoms with van der Waals surface area (Å²) in [7, 11) is 0. The number of alkyl halides is 3. The number of nitrogens with one attached hydrogen (secondary N) is 1. The fraction of sp³-hybridized carbons (Fsp3) is 0.192. The van der Waals surface area contributed by atoms with Crippen LogP contribution in [0.1, 0.15) is 29.5 Å². The molecule has 0 unspecified atom stereocenters. The third-order valence-corrected chi connectivity index (χ3v) is 5.56. The maximum atomic E-state index is 12.8. The van der Waals surface area contributed by atoms with Crippen LogP contribution in [0.4, 0.5) is 18.9 Å². The number of halogens is 3. The molecule has 0 aliphatic heterocycles. The molecule has 5 nitrogen and oxygen atoms in total. The first-order chi connectivity index (χ1) is 16.2. The quantitative estimate of drug-likeness (QED) is 0.260. The first-order valence-electron chi connectivity index (χ1n) is 10.7. The number of hydrogen-bond acceptors (Lipinski definition) is 3. The minimum Gasteiger partial charge on any atom is -0.486 e. The number of carbonyl (C=O) groups is 1. The molecule has 0 amide bonds. The number of aliphatic carboxylic acids is 1. The highest BCUT2D eigenvalue weighted by Gasteiger charge is 2.30. The molecule has 1 heterocycles. The predicted molar refractivity (Wildman–Crippen MR) is 124 cm³/mol. The van der Waals surface area contributed by atoms with Crippen molar-refractivity contribution in [2.24, 2.45) is 0 Å². The predicted octanol–water partition coefficient (Wildman–Crippen LogP) is 6.42. The van der Waals surface area contributed by atoms with Crippen molar-refractivity contribution in [2.45, 2.75) is 32.0 Å². The molecule has 0 saturated carbocycles. The van der Waals surface area contributed by atoms with Gasteiger partial charge in [0.15, 0.2) is 5.75 Å². The van der Waals surface area contributed by atoms with Gasteiger partial charge in [-0.05, 0) is 77.4 Å². The number of nitrogens with two attached hydrogens (primary N) is 1. The van der Waals surface area contributed by atoms with E-state index in [0.717, 1.165) is 39.7 Å². The summed E-state index contributed by atoms with van der Waals surface area (Å²) in [6.07, 6.45) is -1.50. The highest BCUT2D eigenvalue weighted by Crippen LogP contribution is 2.38. The summed E-state index contributed by atoms with van der Waals surface area (Å²) in [6.45, 7) is 0.0418. The van der Waals surface area contributed by atoms with Crippen molar-refractivity contribution in [1.29, 1.82) is 0 Å². The highest BCUT2D eigenvalue weighted by atomic mass is 19.4. The minimum atomic E-state index is -4.40. The number of aryl methyl sites for hydroxylation is 1. The molecule has 0 radical (unpaired) electrons. The second-order valence-electron chi connectivity index (χ2n) is 8.07. The van der Waals surface area contributed by atoms with Gasteiger partial charge in [-0.25, -0.2) is 0 Å². The Morgan fingerprint density at radius 1 is 1.00 bits per heavy atom. The van der Waals surface area contributed by atoms with E-state index in [2.05, 4.69) is 4.98 Å². The molecule has 4 rings (SSSR count). The van der Waals surface area contributed by atoms with Crippen molar-refractivity contribution in [3.8, 4) is 16.9 Å². The topological polar surface area (TPSA) is 88.3 Å². The molecule has 0 saturated heterocycles. The molecule has 0 atom stereocenters. The van der Waals surface area contributed by atoms with Gasteiger partial charge in [0.25, 0.3) is 0 Å². The molecular formula is C26H23F3N2O3. The van der Waals surface area contributed by atoms with Crippen LogP contribution in [-0.4, -0.2) is 16.1 Å². The normalized spacial score (nSPS) is 11.6. The smallest absolute Gasteiger partial charge is 0.416 e. The number of H-pyrrole nitrogens is 1. The fourth-order valence-corrected chi connectivity index (χ4v) is 3.84. The number of benzene rings is 3. The zero-order valence-electron chi connectivity index (χ0n) is 18.2. The molecule has 8 heteroatoms. The lowest BCUT2D eigenvalue weighted by Crippen LogP contribution is -2.06. The number of fused-ring (bicyclic) bond motifs is 1. The minimum absolute atomic E-state index is 0.0418. The van der Waals surface area contributed by atoms with E-state index in [1.165, 1.54) is 12.1 Å². The van der Waals surface area contributed by atoms with Gasteiger partial charge in [-0.2, -0.15) is 13.2 Å². The van der Waals surface area contributed by atoms with Gasteiger partial charge in [-0.1, -0.05) is 18.2 Å². The van der Waals surface area contributed by atoms with Crippen molar-refractivity contribution in [3.63, 3.8) is 0 Å². The first kappa shape index (κ1) is 23.2. The molecule has 4 aromatic rings. The Balaban J connectivity index is 1.65. The van der Waals surface area contributed by atoms with E-state index in [0.29, 0.717) is 29.8 Å². The van der Waals surface area contributed by atoms with Gasteiger partial charge in [0.2, 0.25) is 0 Å². The molecule has 34 heavy (non-hydrogen) atoms. The van der Waals surface area contributed by atoms with Crippen molar-refractivity contribution in [1.82, 2.24) is 4.98 Å². The van der Waals surface area contributed by atoms with Gasteiger partial charge >= 0.3 is 12.1 Å². The molecule has 1 aromatic heterocycles. The second-order valence-corrected chi connectivity index (χ2v) is 8.07. The van der Waals surface area contributed by atoms with Crippen LogP contribution in [0.2, 0.25) is 0 Å². The number of ether oxygens (including phenoxy) is 1. The molecule has 0 aliphatic rings. The summed E-state index contributed by atoms with van der Waals surface area (Å²) in [6, 6.07) is 16.3. The molecule has 176 valence electrons. The Kier molecular flexibility index (Phi) is 6.49. The van der Waals surface area contributed by atoms with Gasteiger partial charge in [0.1, 0.15) is 6.61 Å². The fourth-order valence-electron chi connectivity index (χ4n) is 3.84. The summed E-state index contributed by atoms with van der Waals surface area (Å²) in [5, 5.41) is 9.93. The largest absolute Gasteiger partial charge is 0.486 e. The number of carboxylic acids is 1. The van der Waals surface area contributed by atoms with E-state index in [4.69, 9.17) is 15.6 Å². The number of rotatable bonds is 8. The molecule has 0 fully saturated rings. The average molecular weight is 468 g/mol. The van der Waals surface area contributed by atoms with E-state index in [1.54, 1.807) is 6.07 Å². The van der Waals surface area contributed by atoms with Crippen LogP contribution >= 0.6 is 0 Å². The Hall–Kier alpha value is -3.94. The number of aromatic nitrogens is 1.